The van der Waals surface area contributed by atoms with Gasteiger partial charge in [-0.1, -0.05) is 17.7 Å². The molecule has 0 saturated carbocycles. The summed E-state index contributed by atoms with van der Waals surface area (Å²) in [6.45, 7) is 3.82. The maximum atomic E-state index is 12.8. The molecule has 7 nitrogen and oxygen atoms in total. The molecule has 3 heterocycles. The second kappa shape index (κ2) is 8.14. The molecular weight excluding hydrogens is 370 g/mol. The van der Waals surface area contributed by atoms with Crippen LogP contribution in [-0.4, -0.2) is 71.0 Å². The van der Waals surface area contributed by atoms with Gasteiger partial charge in [-0.25, -0.2) is 0 Å². The molecule has 3 aliphatic rings. The summed E-state index contributed by atoms with van der Waals surface area (Å²) in [5.41, 5.74) is 1.71. The van der Waals surface area contributed by atoms with Gasteiger partial charge in [0.15, 0.2) is 0 Å². The molecule has 0 aromatic heterocycles. The first kappa shape index (κ1) is 19.9. The van der Waals surface area contributed by atoms with E-state index in [2.05, 4.69) is 5.32 Å². The number of nitrogens with zero attached hydrogens (tertiary/aromatic N) is 2. The lowest BCUT2D eigenvalue weighted by Gasteiger charge is -2.56. The number of benzene rings is 1. The number of rotatable bonds is 5. The summed E-state index contributed by atoms with van der Waals surface area (Å²) in [6.07, 6.45) is 3.42. The van der Waals surface area contributed by atoms with Crippen LogP contribution >= 0.6 is 0 Å². The third kappa shape index (κ3) is 4.15. The van der Waals surface area contributed by atoms with Gasteiger partial charge < -0.3 is 15.3 Å². The average Bonchev–Trinajstić information content (AvgIpc) is 2.68. The van der Waals surface area contributed by atoms with E-state index in [9.17, 15) is 19.5 Å². The highest BCUT2D eigenvalue weighted by Gasteiger charge is 2.49. The lowest BCUT2D eigenvalue weighted by Crippen LogP contribution is -2.67. The van der Waals surface area contributed by atoms with Gasteiger partial charge in [0.25, 0.3) is 5.91 Å². The Hall–Kier alpha value is -2.41. The molecule has 3 aliphatic heterocycles. The van der Waals surface area contributed by atoms with Crippen molar-refractivity contribution in [3.05, 3.63) is 35.4 Å². The van der Waals surface area contributed by atoms with Crippen LogP contribution in [0, 0.1) is 18.8 Å². The van der Waals surface area contributed by atoms with Crippen molar-refractivity contribution in [3.63, 3.8) is 0 Å². The van der Waals surface area contributed by atoms with E-state index in [0.717, 1.165) is 31.4 Å². The van der Waals surface area contributed by atoms with E-state index in [4.69, 9.17) is 0 Å². The van der Waals surface area contributed by atoms with E-state index in [1.165, 1.54) is 0 Å². The molecule has 156 valence electrons. The second-order valence-electron chi connectivity index (χ2n) is 8.75. The molecule has 0 aliphatic carbocycles. The van der Waals surface area contributed by atoms with E-state index in [1.54, 1.807) is 0 Å². The van der Waals surface area contributed by atoms with E-state index >= 15 is 0 Å². The van der Waals surface area contributed by atoms with Crippen molar-refractivity contribution in [3.8, 4) is 0 Å². The number of carboxylic acid groups (broad SMARTS) is 1. The van der Waals surface area contributed by atoms with Crippen molar-refractivity contribution in [2.75, 3.05) is 26.2 Å². The highest BCUT2D eigenvalue weighted by Crippen LogP contribution is 2.41. The smallest absolute Gasteiger partial charge is 0.317 e. The van der Waals surface area contributed by atoms with Crippen LogP contribution in [0.1, 0.15) is 41.6 Å². The maximum absolute atomic E-state index is 12.8. The van der Waals surface area contributed by atoms with Crippen LogP contribution < -0.4 is 5.32 Å². The predicted octanol–water partition coefficient (Wildman–Crippen LogP) is 1.51. The molecule has 3 saturated heterocycles. The molecule has 0 unspecified atom stereocenters. The van der Waals surface area contributed by atoms with Gasteiger partial charge in [-0.3, -0.25) is 19.3 Å². The van der Waals surface area contributed by atoms with Crippen LogP contribution in [-0.2, 0) is 9.59 Å². The Balaban J connectivity index is 1.51. The Morgan fingerprint density at radius 2 is 1.90 bits per heavy atom. The molecule has 2 bridgehead atoms. The van der Waals surface area contributed by atoms with Gasteiger partial charge in [0.2, 0.25) is 5.91 Å². The Labute approximate surface area is 171 Å². The van der Waals surface area contributed by atoms with Crippen molar-refractivity contribution in [2.24, 2.45) is 11.8 Å². The zero-order valence-electron chi connectivity index (χ0n) is 16.8. The average molecular weight is 399 g/mol. The molecule has 4 rings (SSSR count). The standard InChI is InChI=1S/C22H29N3O4/c1-14-5-7-15(8-6-14)22(29)23-10-19-17-9-16(11-24(12-17)13-21(27)28)18-3-2-4-20(26)25(18)19/h5-8,16-19H,2-4,9-13H2,1H3,(H,23,29)(H,27,28)/t16-,17+,18+,19+/m1/s1. The fraction of sp³-hybridized carbons (Fsp3) is 0.591. The quantitative estimate of drug-likeness (QED) is 0.783. The molecule has 4 atom stereocenters. The lowest BCUT2D eigenvalue weighted by molar-refractivity contribution is -0.154. The van der Waals surface area contributed by atoms with Gasteiger partial charge in [0.1, 0.15) is 0 Å². The number of fused-ring (bicyclic) bond motifs is 4. The minimum atomic E-state index is -0.814. The SMILES string of the molecule is Cc1ccc(C(=O)NC[C@H]2[C@H]3C[C@H](CN(CC(=O)O)C3)[C@@H]3CCCC(=O)N32)cc1. The third-order valence-electron chi connectivity index (χ3n) is 6.72. The number of carboxylic acids is 1. The number of piperidine rings is 3. The largest absolute Gasteiger partial charge is 0.480 e. The van der Waals surface area contributed by atoms with Gasteiger partial charge >= 0.3 is 5.97 Å². The van der Waals surface area contributed by atoms with Gasteiger partial charge in [-0.2, -0.15) is 0 Å². The summed E-state index contributed by atoms with van der Waals surface area (Å²) in [5, 5.41) is 12.3. The fourth-order valence-corrected chi connectivity index (χ4v) is 5.46. The van der Waals surface area contributed by atoms with Crippen LogP contribution in [0.2, 0.25) is 0 Å². The van der Waals surface area contributed by atoms with Crippen molar-refractivity contribution in [1.82, 2.24) is 15.1 Å². The van der Waals surface area contributed by atoms with Crippen molar-refractivity contribution >= 4 is 17.8 Å². The Bertz CT molecular complexity index is 794. The summed E-state index contributed by atoms with van der Waals surface area (Å²) in [5.74, 6) is -0.263. The number of aliphatic carboxylic acids is 1. The molecular formula is C22H29N3O4. The highest BCUT2D eigenvalue weighted by molar-refractivity contribution is 5.94. The molecule has 2 N–H and O–H groups in total. The summed E-state index contributed by atoms with van der Waals surface area (Å²) in [4.78, 5) is 40.7. The molecule has 1 aromatic rings. The normalized spacial score (nSPS) is 29.3. The second-order valence-corrected chi connectivity index (χ2v) is 8.75. The number of aryl methyl sites for hydroxylation is 1. The number of hydrogen-bond donors (Lipinski definition) is 2. The minimum absolute atomic E-state index is 0.0378. The minimum Gasteiger partial charge on any atom is -0.480 e. The van der Waals surface area contributed by atoms with Crippen LogP contribution in [0.5, 0.6) is 0 Å². The number of carbonyl (C=O) groups excluding carboxylic acids is 2. The molecule has 0 spiro atoms. The number of nitrogens with one attached hydrogen (secondary N) is 1. The molecule has 3 fully saturated rings. The summed E-state index contributed by atoms with van der Waals surface area (Å²) in [6, 6.07) is 7.53. The zero-order chi connectivity index (χ0) is 20.5. The molecule has 29 heavy (non-hydrogen) atoms. The van der Waals surface area contributed by atoms with Gasteiger partial charge in [-0.05, 0) is 50.2 Å². The van der Waals surface area contributed by atoms with E-state index in [-0.39, 0.29) is 36.4 Å². The third-order valence-corrected chi connectivity index (χ3v) is 6.72. The summed E-state index contributed by atoms with van der Waals surface area (Å²) >= 11 is 0. The molecule has 1 aromatic carbocycles. The summed E-state index contributed by atoms with van der Waals surface area (Å²) in [7, 11) is 0. The van der Waals surface area contributed by atoms with Crippen LogP contribution in [0.15, 0.2) is 24.3 Å². The van der Waals surface area contributed by atoms with Crippen molar-refractivity contribution < 1.29 is 19.5 Å². The van der Waals surface area contributed by atoms with E-state index in [0.29, 0.717) is 31.0 Å². The summed E-state index contributed by atoms with van der Waals surface area (Å²) < 4.78 is 0. The fourth-order valence-electron chi connectivity index (χ4n) is 5.46. The van der Waals surface area contributed by atoms with E-state index in [1.807, 2.05) is 41.0 Å². The van der Waals surface area contributed by atoms with Crippen LogP contribution in [0.3, 0.4) is 0 Å². The maximum Gasteiger partial charge on any atom is 0.317 e. The first-order valence-corrected chi connectivity index (χ1v) is 10.5. The Morgan fingerprint density at radius 1 is 1.17 bits per heavy atom. The lowest BCUT2D eigenvalue weighted by atomic mass is 9.72. The van der Waals surface area contributed by atoms with Crippen LogP contribution in [0.25, 0.3) is 0 Å². The number of carbonyl (C=O) groups is 3. The predicted molar refractivity (Wildman–Crippen MR) is 107 cm³/mol. The van der Waals surface area contributed by atoms with Gasteiger partial charge in [0.05, 0.1) is 12.6 Å². The van der Waals surface area contributed by atoms with Gasteiger partial charge in [0, 0.05) is 37.7 Å². The van der Waals surface area contributed by atoms with E-state index < -0.39 is 5.97 Å². The number of likely N-dealkylation sites (tertiary alicyclic amines) is 1. The topological polar surface area (TPSA) is 90.0 Å². The first-order chi connectivity index (χ1) is 13.9. The number of hydrogen-bond acceptors (Lipinski definition) is 4. The Kier molecular flexibility index (Phi) is 5.58. The monoisotopic (exact) mass is 399 g/mol. The molecule has 0 radical (unpaired) electrons. The molecule has 7 heteroatoms. The Morgan fingerprint density at radius 3 is 2.62 bits per heavy atom. The first-order valence-electron chi connectivity index (χ1n) is 10.5. The highest BCUT2D eigenvalue weighted by atomic mass is 16.4. The van der Waals surface area contributed by atoms with Crippen LogP contribution in [0.4, 0.5) is 0 Å². The molecule has 2 amide bonds. The number of amides is 2. The van der Waals surface area contributed by atoms with Gasteiger partial charge in [-0.15, -0.1) is 0 Å². The van der Waals surface area contributed by atoms with Crippen molar-refractivity contribution in [1.29, 1.82) is 0 Å². The van der Waals surface area contributed by atoms with Crippen molar-refractivity contribution in [2.45, 2.75) is 44.7 Å². The zero-order valence-corrected chi connectivity index (χ0v) is 16.8.